The van der Waals surface area contributed by atoms with Crippen molar-refractivity contribution in [2.75, 3.05) is 25.6 Å². The van der Waals surface area contributed by atoms with Crippen LogP contribution in [0.15, 0.2) is 18.2 Å². The van der Waals surface area contributed by atoms with Crippen LogP contribution in [0.5, 0.6) is 0 Å². The zero-order chi connectivity index (χ0) is 15.4. The first-order chi connectivity index (χ1) is 10.0. The molecule has 2 rings (SSSR count). The highest BCUT2D eigenvalue weighted by molar-refractivity contribution is 6.00. The molecular formula is C14H17FN2O4. The van der Waals surface area contributed by atoms with E-state index < -0.39 is 23.4 Å². The number of ether oxygens (including phenoxy) is 1. The van der Waals surface area contributed by atoms with Crippen molar-refractivity contribution in [3.63, 3.8) is 0 Å². The van der Waals surface area contributed by atoms with Crippen LogP contribution in [0.1, 0.15) is 23.2 Å². The van der Waals surface area contributed by atoms with Gasteiger partial charge in [0.25, 0.3) is 0 Å². The number of carbonyl (C=O) groups is 2. The third-order valence-corrected chi connectivity index (χ3v) is 3.53. The van der Waals surface area contributed by atoms with Gasteiger partial charge in [-0.25, -0.2) is 14.0 Å². The van der Waals surface area contributed by atoms with Crippen LogP contribution in [0.3, 0.4) is 0 Å². The van der Waals surface area contributed by atoms with Crippen molar-refractivity contribution in [2.45, 2.75) is 18.9 Å². The van der Waals surface area contributed by atoms with Crippen LogP contribution in [0.2, 0.25) is 0 Å². The van der Waals surface area contributed by atoms with E-state index in [2.05, 4.69) is 5.32 Å². The number of urea groups is 1. The van der Waals surface area contributed by atoms with Gasteiger partial charge in [-0.05, 0) is 25.0 Å². The predicted molar refractivity (Wildman–Crippen MR) is 74.0 cm³/mol. The highest BCUT2D eigenvalue weighted by atomic mass is 19.1. The maximum atomic E-state index is 13.5. The molecule has 1 aliphatic rings. The van der Waals surface area contributed by atoms with Crippen LogP contribution in [0, 0.1) is 5.82 Å². The Labute approximate surface area is 121 Å². The Morgan fingerprint density at radius 2 is 2.05 bits per heavy atom. The zero-order valence-electron chi connectivity index (χ0n) is 11.6. The van der Waals surface area contributed by atoms with Crippen molar-refractivity contribution in [1.82, 2.24) is 4.90 Å². The van der Waals surface area contributed by atoms with Gasteiger partial charge in [0.2, 0.25) is 0 Å². The quantitative estimate of drug-likeness (QED) is 0.896. The predicted octanol–water partition coefficient (Wildman–Crippen LogP) is 2.17. The second-order valence-corrected chi connectivity index (χ2v) is 4.85. The molecule has 6 nitrogen and oxygen atoms in total. The average molecular weight is 296 g/mol. The first-order valence-corrected chi connectivity index (χ1v) is 6.64. The van der Waals surface area contributed by atoms with E-state index in [9.17, 15) is 14.0 Å². The number of nitrogens with zero attached hydrogens (tertiary/aromatic N) is 1. The van der Waals surface area contributed by atoms with Crippen LogP contribution < -0.4 is 5.32 Å². The number of halogens is 1. The molecule has 0 saturated carbocycles. The van der Waals surface area contributed by atoms with Gasteiger partial charge in [-0.2, -0.15) is 0 Å². The smallest absolute Gasteiger partial charge is 0.340 e. The number of rotatable bonds is 3. The van der Waals surface area contributed by atoms with E-state index in [1.165, 1.54) is 17.0 Å². The molecule has 1 saturated heterocycles. The number of hydrogen-bond acceptors (Lipinski definition) is 3. The lowest BCUT2D eigenvalue weighted by Gasteiger charge is -2.31. The van der Waals surface area contributed by atoms with Crippen molar-refractivity contribution < 1.29 is 23.8 Å². The Bertz CT molecular complexity index is 544. The fourth-order valence-electron chi connectivity index (χ4n) is 2.29. The van der Waals surface area contributed by atoms with Crippen molar-refractivity contribution in [2.24, 2.45) is 0 Å². The molecule has 7 heteroatoms. The monoisotopic (exact) mass is 296 g/mol. The fourth-order valence-corrected chi connectivity index (χ4v) is 2.29. The number of anilines is 1. The van der Waals surface area contributed by atoms with Gasteiger partial charge in [-0.15, -0.1) is 0 Å². The van der Waals surface area contributed by atoms with E-state index in [0.717, 1.165) is 18.9 Å². The first-order valence-electron chi connectivity index (χ1n) is 6.64. The topological polar surface area (TPSA) is 78.9 Å². The van der Waals surface area contributed by atoms with Crippen LogP contribution in [-0.2, 0) is 4.74 Å². The highest BCUT2D eigenvalue weighted by Gasteiger charge is 2.24. The molecule has 1 aromatic carbocycles. The molecule has 1 heterocycles. The van der Waals surface area contributed by atoms with Gasteiger partial charge in [0.05, 0.1) is 5.69 Å². The molecule has 0 unspecified atom stereocenters. The number of carboxylic acid groups (broad SMARTS) is 1. The second-order valence-electron chi connectivity index (χ2n) is 4.85. The summed E-state index contributed by atoms with van der Waals surface area (Å²) in [6.07, 6.45) is 1.44. The maximum Gasteiger partial charge on any atom is 0.340 e. The summed E-state index contributed by atoms with van der Waals surface area (Å²) in [5, 5.41) is 11.5. The number of aromatic carboxylic acids is 1. The maximum absolute atomic E-state index is 13.5. The molecule has 114 valence electrons. The van der Waals surface area contributed by atoms with E-state index in [-0.39, 0.29) is 11.7 Å². The first kappa shape index (κ1) is 15.2. The number of carboxylic acids is 1. The Balaban J connectivity index is 2.12. The van der Waals surface area contributed by atoms with E-state index in [1.807, 2.05) is 0 Å². The van der Waals surface area contributed by atoms with Gasteiger partial charge in [-0.3, -0.25) is 0 Å². The molecule has 0 atom stereocenters. The summed E-state index contributed by atoms with van der Waals surface area (Å²) in [4.78, 5) is 24.7. The molecule has 0 radical (unpaired) electrons. The van der Waals surface area contributed by atoms with Gasteiger partial charge in [0.15, 0.2) is 0 Å². The molecule has 0 bridgehead atoms. The Kier molecular flexibility index (Phi) is 4.74. The average Bonchev–Trinajstić information content (AvgIpc) is 2.47. The number of carbonyl (C=O) groups excluding carboxylic acids is 1. The largest absolute Gasteiger partial charge is 0.478 e. The lowest BCUT2D eigenvalue weighted by Crippen LogP contribution is -2.43. The minimum absolute atomic E-state index is 0.0283. The molecule has 1 aliphatic heterocycles. The molecule has 2 amide bonds. The minimum atomic E-state index is -1.42. The normalized spacial score (nSPS) is 15.5. The summed E-state index contributed by atoms with van der Waals surface area (Å²) >= 11 is 0. The Morgan fingerprint density at radius 1 is 1.38 bits per heavy atom. The molecule has 0 spiro atoms. The summed E-state index contributed by atoms with van der Waals surface area (Å²) < 4.78 is 18.8. The standard InChI is InChI=1S/C14H17FN2O4/c1-17(9-5-7-21-8-6-9)14(20)16-11-4-2-3-10(15)12(11)13(18)19/h2-4,9H,5-8H2,1H3,(H,16,20)(H,18,19). The van der Waals surface area contributed by atoms with E-state index in [4.69, 9.17) is 9.84 Å². The molecule has 0 aromatic heterocycles. The van der Waals surface area contributed by atoms with Crippen LogP contribution in [0.4, 0.5) is 14.9 Å². The number of amides is 2. The summed E-state index contributed by atoms with van der Waals surface area (Å²) in [6.45, 7) is 1.17. The Morgan fingerprint density at radius 3 is 2.67 bits per heavy atom. The van der Waals surface area contributed by atoms with Crippen LogP contribution in [0.25, 0.3) is 0 Å². The van der Waals surface area contributed by atoms with Gasteiger partial charge in [0, 0.05) is 26.3 Å². The fraction of sp³-hybridized carbons (Fsp3) is 0.429. The van der Waals surface area contributed by atoms with Crippen molar-refractivity contribution >= 4 is 17.7 Å². The van der Waals surface area contributed by atoms with Gasteiger partial charge in [0.1, 0.15) is 11.4 Å². The van der Waals surface area contributed by atoms with Gasteiger partial charge < -0.3 is 20.1 Å². The lowest BCUT2D eigenvalue weighted by molar-refractivity contribution is 0.0544. The molecule has 1 fully saturated rings. The number of hydrogen-bond donors (Lipinski definition) is 2. The highest BCUT2D eigenvalue weighted by Crippen LogP contribution is 2.20. The van der Waals surface area contributed by atoms with Gasteiger partial charge in [-0.1, -0.05) is 6.07 Å². The summed E-state index contributed by atoms with van der Waals surface area (Å²) in [7, 11) is 1.63. The third kappa shape index (κ3) is 3.49. The summed E-state index contributed by atoms with van der Waals surface area (Å²) in [6, 6.07) is 3.32. The molecule has 1 aromatic rings. The molecule has 2 N–H and O–H groups in total. The SMILES string of the molecule is CN(C(=O)Nc1cccc(F)c1C(=O)O)C1CCOCC1. The third-order valence-electron chi connectivity index (χ3n) is 3.53. The van der Waals surface area contributed by atoms with E-state index in [0.29, 0.717) is 13.2 Å². The molecule has 21 heavy (non-hydrogen) atoms. The lowest BCUT2D eigenvalue weighted by atomic mass is 10.1. The van der Waals surface area contributed by atoms with Crippen molar-refractivity contribution in [3.05, 3.63) is 29.6 Å². The summed E-state index contributed by atoms with van der Waals surface area (Å²) in [5.41, 5.74) is -0.586. The van der Waals surface area contributed by atoms with Crippen molar-refractivity contribution in [1.29, 1.82) is 0 Å². The number of nitrogens with one attached hydrogen (secondary N) is 1. The molecule has 0 aliphatic carbocycles. The van der Waals surface area contributed by atoms with Gasteiger partial charge >= 0.3 is 12.0 Å². The van der Waals surface area contributed by atoms with E-state index >= 15 is 0 Å². The van der Waals surface area contributed by atoms with Crippen molar-refractivity contribution in [3.8, 4) is 0 Å². The molecular weight excluding hydrogens is 279 g/mol. The zero-order valence-corrected chi connectivity index (χ0v) is 11.6. The second kappa shape index (κ2) is 6.53. The van der Waals surface area contributed by atoms with Crippen LogP contribution in [-0.4, -0.2) is 48.3 Å². The van der Waals surface area contributed by atoms with Crippen LogP contribution >= 0.6 is 0 Å². The summed E-state index contributed by atoms with van der Waals surface area (Å²) in [5.74, 6) is -2.30. The Hall–Kier alpha value is -2.15. The number of benzene rings is 1. The minimum Gasteiger partial charge on any atom is -0.478 e. The van der Waals surface area contributed by atoms with E-state index in [1.54, 1.807) is 7.05 Å².